The molecule has 6 heteroatoms. The van der Waals surface area contributed by atoms with Crippen LogP contribution in [0.25, 0.3) is 0 Å². The molecule has 0 radical (unpaired) electrons. The summed E-state index contributed by atoms with van der Waals surface area (Å²) >= 11 is 1.95. The topological polar surface area (TPSA) is 46.9 Å². The molecule has 4 nitrogen and oxygen atoms in total. The highest BCUT2D eigenvalue weighted by atomic mass is 127. The molecule has 0 spiro atoms. The molecule has 0 unspecified atom stereocenters. The fourth-order valence-electron chi connectivity index (χ4n) is 2.33. The van der Waals surface area contributed by atoms with Gasteiger partial charge in [0.05, 0.1) is 5.56 Å². The lowest BCUT2D eigenvalue weighted by Gasteiger charge is -2.09. The van der Waals surface area contributed by atoms with E-state index in [9.17, 15) is 9.18 Å². The zero-order chi connectivity index (χ0) is 17.1. The summed E-state index contributed by atoms with van der Waals surface area (Å²) in [5.74, 6) is 0.353. The van der Waals surface area contributed by atoms with Gasteiger partial charge in [-0.15, -0.1) is 0 Å². The zero-order valence-corrected chi connectivity index (χ0v) is 15.1. The van der Waals surface area contributed by atoms with E-state index < -0.39 is 0 Å². The quantitative estimate of drug-likeness (QED) is 0.624. The second-order valence-electron chi connectivity index (χ2n) is 5.38. The maximum absolute atomic E-state index is 13.1. The average Bonchev–Trinajstić information content (AvgIpc) is 2.94. The molecule has 24 heavy (non-hydrogen) atoms. The third kappa shape index (κ3) is 3.81. The molecule has 2 aromatic carbocycles. The van der Waals surface area contributed by atoms with Gasteiger partial charge in [-0.05, 0) is 65.4 Å². The minimum absolute atomic E-state index is 0.252. The van der Waals surface area contributed by atoms with Gasteiger partial charge in [-0.2, -0.15) is 0 Å². The normalized spacial score (nSPS) is 10.6. The maximum atomic E-state index is 13.1. The van der Waals surface area contributed by atoms with Gasteiger partial charge in [0.25, 0.3) is 5.91 Å². The Hall–Kier alpha value is -2.22. The molecule has 1 amide bonds. The van der Waals surface area contributed by atoms with E-state index in [1.807, 2.05) is 60.0 Å². The van der Waals surface area contributed by atoms with Crippen molar-refractivity contribution < 1.29 is 9.18 Å². The number of benzene rings is 2. The first kappa shape index (κ1) is 16.6. The van der Waals surface area contributed by atoms with Crippen molar-refractivity contribution in [2.45, 2.75) is 13.5 Å². The van der Waals surface area contributed by atoms with E-state index in [-0.39, 0.29) is 11.7 Å². The Balaban J connectivity index is 1.69. The highest BCUT2D eigenvalue weighted by Crippen LogP contribution is 2.17. The van der Waals surface area contributed by atoms with Gasteiger partial charge in [-0.25, -0.2) is 9.37 Å². The molecular weight excluding hydrogens is 420 g/mol. The second-order valence-corrected chi connectivity index (χ2v) is 6.54. The monoisotopic (exact) mass is 435 g/mol. The van der Waals surface area contributed by atoms with Crippen LogP contribution in [-0.2, 0) is 6.54 Å². The Bertz CT molecular complexity index is 874. The van der Waals surface area contributed by atoms with Gasteiger partial charge in [0, 0.05) is 28.2 Å². The van der Waals surface area contributed by atoms with Gasteiger partial charge < -0.3 is 9.88 Å². The molecule has 0 saturated heterocycles. The Morgan fingerprint density at radius 2 is 2.00 bits per heavy atom. The van der Waals surface area contributed by atoms with Crippen LogP contribution in [0.15, 0.2) is 54.9 Å². The minimum Gasteiger partial charge on any atom is -0.331 e. The van der Waals surface area contributed by atoms with Crippen LogP contribution in [0.2, 0.25) is 0 Å². The summed E-state index contributed by atoms with van der Waals surface area (Å²) in [6, 6.07) is 11.8. The number of nitrogens with zero attached hydrogens (tertiary/aromatic N) is 2. The molecule has 3 rings (SSSR count). The Morgan fingerprint density at radius 1 is 1.25 bits per heavy atom. The number of anilines is 1. The predicted octanol–water partition coefficient (Wildman–Crippen LogP) is 4.24. The second kappa shape index (κ2) is 7.12. The highest BCUT2D eigenvalue weighted by molar-refractivity contribution is 14.1. The average molecular weight is 435 g/mol. The number of hydrogen-bond donors (Lipinski definition) is 1. The van der Waals surface area contributed by atoms with Crippen molar-refractivity contribution in [3.05, 3.63) is 81.2 Å². The summed E-state index contributed by atoms with van der Waals surface area (Å²) in [7, 11) is 0. The van der Waals surface area contributed by atoms with Crippen molar-refractivity contribution in [3.63, 3.8) is 0 Å². The van der Waals surface area contributed by atoms with Crippen molar-refractivity contribution in [2.24, 2.45) is 0 Å². The van der Waals surface area contributed by atoms with Crippen molar-refractivity contribution in [1.82, 2.24) is 9.55 Å². The summed E-state index contributed by atoms with van der Waals surface area (Å²) in [5.41, 5.74) is 2.27. The molecule has 3 aromatic rings. The van der Waals surface area contributed by atoms with E-state index in [2.05, 4.69) is 14.9 Å². The molecule has 0 fully saturated rings. The van der Waals surface area contributed by atoms with Gasteiger partial charge in [-0.3, -0.25) is 4.79 Å². The molecule has 1 N–H and O–H groups in total. The summed E-state index contributed by atoms with van der Waals surface area (Å²) < 4.78 is 15.8. The number of halogens is 2. The molecule has 0 aliphatic heterocycles. The lowest BCUT2D eigenvalue weighted by atomic mass is 10.1. The van der Waals surface area contributed by atoms with Crippen LogP contribution in [-0.4, -0.2) is 15.5 Å². The minimum atomic E-state index is -0.352. The molecule has 0 atom stereocenters. The van der Waals surface area contributed by atoms with Crippen LogP contribution in [0.3, 0.4) is 0 Å². The van der Waals surface area contributed by atoms with Gasteiger partial charge in [0.1, 0.15) is 11.6 Å². The molecular formula is C18H15FIN3O. The molecule has 1 heterocycles. The van der Waals surface area contributed by atoms with E-state index in [4.69, 9.17) is 0 Å². The number of nitrogens with one attached hydrogen (secondary N) is 1. The lowest BCUT2D eigenvalue weighted by molar-refractivity contribution is 0.102. The summed E-state index contributed by atoms with van der Waals surface area (Å²) in [6.45, 7) is 2.69. The van der Waals surface area contributed by atoms with Gasteiger partial charge in [-0.1, -0.05) is 12.1 Å². The third-order valence-corrected chi connectivity index (χ3v) is 4.56. The van der Waals surface area contributed by atoms with Crippen molar-refractivity contribution >= 4 is 34.2 Å². The van der Waals surface area contributed by atoms with Crippen LogP contribution < -0.4 is 5.32 Å². The van der Waals surface area contributed by atoms with Crippen LogP contribution >= 0.6 is 22.6 Å². The van der Waals surface area contributed by atoms with Crippen molar-refractivity contribution in [3.8, 4) is 0 Å². The smallest absolute Gasteiger partial charge is 0.256 e. The Labute approximate surface area is 152 Å². The van der Waals surface area contributed by atoms with E-state index in [1.54, 1.807) is 6.20 Å². The molecule has 0 aliphatic rings. The highest BCUT2D eigenvalue weighted by Gasteiger charge is 2.11. The summed E-state index contributed by atoms with van der Waals surface area (Å²) in [5, 5.41) is 2.83. The molecule has 122 valence electrons. The number of imidazole rings is 1. The third-order valence-electron chi connectivity index (χ3n) is 3.66. The molecule has 1 aromatic heterocycles. The van der Waals surface area contributed by atoms with E-state index >= 15 is 0 Å². The molecule has 0 aliphatic carbocycles. The van der Waals surface area contributed by atoms with E-state index in [0.717, 1.165) is 17.9 Å². The van der Waals surface area contributed by atoms with Crippen LogP contribution in [0.1, 0.15) is 21.7 Å². The number of aryl methyl sites for hydroxylation is 1. The predicted molar refractivity (Wildman–Crippen MR) is 99.6 cm³/mol. The van der Waals surface area contributed by atoms with Crippen LogP contribution in [0, 0.1) is 16.3 Å². The van der Waals surface area contributed by atoms with Crippen LogP contribution in [0.5, 0.6) is 0 Å². The largest absolute Gasteiger partial charge is 0.331 e. The van der Waals surface area contributed by atoms with Gasteiger partial charge in [0.15, 0.2) is 0 Å². The fourth-order valence-corrected chi connectivity index (χ4v) is 3.06. The number of rotatable bonds is 4. The van der Waals surface area contributed by atoms with Gasteiger partial charge in [0.2, 0.25) is 0 Å². The van der Waals surface area contributed by atoms with Crippen LogP contribution in [0.4, 0.5) is 10.1 Å². The number of aromatic nitrogens is 2. The first-order chi connectivity index (χ1) is 11.5. The first-order valence-electron chi connectivity index (χ1n) is 7.36. The number of carbonyl (C=O) groups is 1. The zero-order valence-electron chi connectivity index (χ0n) is 13.0. The van der Waals surface area contributed by atoms with E-state index in [1.165, 1.54) is 18.2 Å². The Morgan fingerprint density at radius 3 is 2.62 bits per heavy atom. The van der Waals surface area contributed by atoms with Crippen molar-refractivity contribution in [2.75, 3.05) is 5.32 Å². The number of carbonyl (C=O) groups excluding carboxylic acids is 1. The van der Waals surface area contributed by atoms with Gasteiger partial charge >= 0.3 is 0 Å². The molecule has 0 bridgehead atoms. The molecule has 0 saturated carbocycles. The summed E-state index contributed by atoms with van der Waals surface area (Å²) in [6.07, 6.45) is 3.70. The standard InChI is InChI=1S/C18H15FIN3O/c1-12-21-8-9-23(12)11-13-2-5-15(6-3-13)22-18(24)16-7-4-14(19)10-17(16)20/h2-10H,11H2,1H3,(H,22,24). The van der Waals surface area contributed by atoms with E-state index in [0.29, 0.717) is 14.8 Å². The Kier molecular flexibility index (Phi) is 4.94. The summed E-state index contributed by atoms with van der Waals surface area (Å²) in [4.78, 5) is 16.5. The number of hydrogen-bond acceptors (Lipinski definition) is 2. The SMILES string of the molecule is Cc1nccn1Cc1ccc(NC(=O)c2ccc(F)cc2I)cc1. The lowest BCUT2D eigenvalue weighted by Crippen LogP contribution is -2.13. The maximum Gasteiger partial charge on any atom is 0.256 e. The first-order valence-corrected chi connectivity index (χ1v) is 8.44. The van der Waals surface area contributed by atoms with Crippen molar-refractivity contribution in [1.29, 1.82) is 0 Å². The number of amides is 1. The fraction of sp³-hybridized carbons (Fsp3) is 0.111.